The molecule has 0 aliphatic carbocycles. The second kappa shape index (κ2) is 5.36. The lowest BCUT2D eigenvalue weighted by atomic mass is 9.82. The van der Waals surface area contributed by atoms with Gasteiger partial charge in [-0.25, -0.2) is 4.39 Å². The van der Waals surface area contributed by atoms with Gasteiger partial charge in [-0.05, 0) is 36.5 Å². The van der Waals surface area contributed by atoms with Gasteiger partial charge in [0.15, 0.2) is 0 Å². The van der Waals surface area contributed by atoms with Crippen molar-refractivity contribution in [1.82, 2.24) is 0 Å². The van der Waals surface area contributed by atoms with E-state index in [9.17, 15) is 4.39 Å². The van der Waals surface area contributed by atoms with Crippen LogP contribution >= 0.6 is 0 Å². The fraction of sp³-hybridized carbons (Fsp3) is 0.500. The normalized spacial score (nSPS) is 18.1. The number of benzene rings is 1. The van der Waals surface area contributed by atoms with Gasteiger partial charge < -0.3 is 10.1 Å². The zero-order valence-corrected chi connectivity index (χ0v) is 10.5. The van der Waals surface area contributed by atoms with Crippen molar-refractivity contribution >= 4 is 5.69 Å². The summed E-state index contributed by atoms with van der Waals surface area (Å²) >= 11 is 0. The molecule has 1 aliphatic rings. The molecule has 0 aromatic heterocycles. The highest BCUT2D eigenvalue weighted by molar-refractivity contribution is 5.57. The van der Waals surface area contributed by atoms with Gasteiger partial charge in [-0.2, -0.15) is 5.26 Å². The van der Waals surface area contributed by atoms with Gasteiger partial charge in [-0.1, -0.05) is 6.92 Å². The largest absolute Gasteiger partial charge is 0.383 e. The number of anilines is 1. The third kappa shape index (κ3) is 2.99. The molecule has 0 saturated carbocycles. The van der Waals surface area contributed by atoms with Gasteiger partial charge in [0.25, 0.3) is 0 Å². The zero-order chi connectivity index (χ0) is 13.0. The first-order chi connectivity index (χ1) is 8.63. The standard InChI is InChI=1S/C14H17FN2O/c1-14(4-6-18-7-5-14)10-17-13-3-2-12(15)8-11(13)9-16/h2-3,8,17H,4-7,10H2,1H3. The maximum absolute atomic E-state index is 13.0. The first kappa shape index (κ1) is 12.8. The second-order valence-corrected chi connectivity index (χ2v) is 5.08. The van der Waals surface area contributed by atoms with Crippen molar-refractivity contribution in [2.45, 2.75) is 19.8 Å². The lowest BCUT2D eigenvalue weighted by Crippen LogP contribution is -2.33. The third-order valence-corrected chi connectivity index (χ3v) is 3.51. The van der Waals surface area contributed by atoms with Crippen LogP contribution in [0.3, 0.4) is 0 Å². The first-order valence-corrected chi connectivity index (χ1v) is 6.14. The van der Waals surface area contributed by atoms with Crippen LogP contribution in [0.4, 0.5) is 10.1 Å². The summed E-state index contributed by atoms with van der Waals surface area (Å²) in [6, 6.07) is 6.26. The number of nitrogens with one attached hydrogen (secondary N) is 1. The van der Waals surface area contributed by atoms with Crippen molar-refractivity contribution in [3.8, 4) is 6.07 Å². The molecule has 0 atom stereocenters. The monoisotopic (exact) mass is 248 g/mol. The Morgan fingerprint density at radius 2 is 2.17 bits per heavy atom. The number of nitrogens with zero attached hydrogens (tertiary/aromatic N) is 1. The molecule has 0 radical (unpaired) electrons. The molecule has 1 saturated heterocycles. The molecule has 1 heterocycles. The Morgan fingerprint density at radius 1 is 1.44 bits per heavy atom. The molecular weight excluding hydrogens is 231 g/mol. The highest BCUT2D eigenvalue weighted by atomic mass is 19.1. The lowest BCUT2D eigenvalue weighted by Gasteiger charge is -2.34. The Bertz CT molecular complexity index is 461. The van der Waals surface area contributed by atoms with Gasteiger partial charge in [0.1, 0.15) is 11.9 Å². The molecule has 0 spiro atoms. The Morgan fingerprint density at radius 3 is 2.83 bits per heavy atom. The van der Waals surface area contributed by atoms with Crippen LogP contribution in [-0.2, 0) is 4.74 Å². The Balaban J connectivity index is 2.04. The van der Waals surface area contributed by atoms with E-state index in [1.807, 2.05) is 6.07 Å². The molecule has 2 rings (SSSR count). The van der Waals surface area contributed by atoms with E-state index >= 15 is 0 Å². The molecule has 1 N–H and O–H groups in total. The van der Waals surface area contributed by atoms with E-state index in [0.717, 1.165) is 32.6 Å². The fourth-order valence-electron chi connectivity index (χ4n) is 2.11. The SMILES string of the molecule is CC1(CNc2ccc(F)cc2C#N)CCOCC1. The van der Waals surface area contributed by atoms with Gasteiger partial charge in [0.2, 0.25) is 0 Å². The Labute approximate surface area is 107 Å². The molecule has 0 bridgehead atoms. The maximum Gasteiger partial charge on any atom is 0.124 e. The predicted octanol–water partition coefficient (Wildman–Crippen LogP) is 2.93. The minimum atomic E-state index is -0.380. The third-order valence-electron chi connectivity index (χ3n) is 3.51. The van der Waals surface area contributed by atoms with E-state index in [2.05, 4.69) is 12.2 Å². The van der Waals surface area contributed by atoms with Gasteiger partial charge in [-0.15, -0.1) is 0 Å². The van der Waals surface area contributed by atoms with Crippen molar-refractivity contribution < 1.29 is 9.13 Å². The van der Waals surface area contributed by atoms with Crippen LogP contribution in [0.25, 0.3) is 0 Å². The quantitative estimate of drug-likeness (QED) is 0.894. The minimum absolute atomic E-state index is 0.180. The number of halogens is 1. The molecule has 0 unspecified atom stereocenters. The minimum Gasteiger partial charge on any atom is -0.383 e. The summed E-state index contributed by atoms with van der Waals surface area (Å²) in [4.78, 5) is 0. The smallest absolute Gasteiger partial charge is 0.124 e. The molecule has 1 aromatic carbocycles. The Hall–Kier alpha value is -1.60. The molecule has 1 aromatic rings. The lowest BCUT2D eigenvalue weighted by molar-refractivity contribution is 0.0300. The van der Waals surface area contributed by atoms with E-state index in [0.29, 0.717) is 11.3 Å². The van der Waals surface area contributed by atoms with Crippen LogP contribution < -0.4 is 5.32 Å². The predicted molar refractivity (Wildman–Crippen MR) is 67.8 cm³/mol. The van der Waals surface area contributed by atoms with Gasteiger partial charge in [0, 0.05) is 19.8 Å². The average Bonchev–Trinajstić information content (AvgIpc) is 2.38. The molecule has 18 heavy (non-hydrogen) atoms. The molecular formula is C14H17FN2O. The molecule has 4 heteroatoms. The van der Waals surface area contributed by atoms with Crippen molar-refractivity contribution in [2.24, 2.45) is 5.41 Å². The number of rotatable bonds is 3. The van der Waals surface area contributed by atoms with E-state index < -0.39 is 0 Å². The summed E-state index contributed by atoms with van der Waals surface area (Å²) in [7, 11) is 0. The molecule has 1 aliphatic heterocycles. The number of nitriles is 1. The number of hydrogen-bond donors (Lipinski definition) is 1. The first-order valence-electron chi connectivity index (χ1n) is 6.14. The molecule has 1 fully saturated rings. The average molecular weight is 248 g/mol. The fourth-order valence-corrected chi connectivity index (χ4v) is 2.11. The van der Waals surface area contributed by atoms with Crippen LogP contribution in [-0.4, -0.2) is 19.8 Å². The van der Waals surface area contributed by atoms with Crippen LogP contribution in [0.5, 0.6) is 0 Å². The van der Waals surface area contributed by atoms with Gasteiger partial charge in [0.05, 0.1) is 11.3 Å². The maximum atomic E-state index is 13.0. The second-order valence-electron chi connectivity index (χ2n) is 5.08. The van der Waals surface area contributed by atoms with E-state index in [4.69, 9.17) is 10.00 Å². The van der Waals surface area contributed by atoms with Crippen LogP contribution in [0, 0.1) is 22.6 Å². The zero-order valence-electron chi connectivity index (χ0n) is 10.5. The topological polar surface area (TPSA) is 45.0 Å². The summed E-state index contributed by atoms with van der Waals surface area (Å²) in [6.07, 6.45) is 2.01. The van der Waals surface area contributed by atoms with Crippen molar-refractivity contribution in [2.75, 3.05) is 25.1 Å². The summed E-state index contributed by atoms with van der Waals surface area (Å²) in [6.45, 7) is 4.55. The van der Waals surface area contributed by atoms with Crippen LogP contribution in [0.1, 0.15) is 25.3 Å². The molecule has 3 nitrogen and oxygen atoms in total. The molecule has 0 amide bonds. The number of hydrogen-bond acceptors (Lipinski definition) is 3. The summed E-state index contributed by atoms with van der Waals surface area (Å²) < 4.78 is 18.4. The van der Waals surface area contributed by atoms with Gasteiger partial charge >= 0.3 is 0 Å². The summed E-state index contributed by atoms with van der Waals surface area (Å²) in [5, 5.41) is 12.2. The summed E-state index contributed by atoms with van der Waals surface area (Å²) in [5.41, 5.74) is 1.23. The number of ether oxygens (including phenoxy) is 1. The summed E-state index contributed by atoms with van der Waals surface area (Å²) in [5.74, 6) is -0.380. The van der Waals surface area contributed by atoms with Crippen LogP contribution in [0.15, 0.2) is 18.2 Å². The highest BCUT2D eigenvalue weighted by Gasteiger charge is 2.27. The van der Waals surface area contributed by atoms with Crippen molar-refractivity contribution in [3.63, 3.8) is 0 Å². The van der Waals surface area contributed by atoms with Crippen molar-refractivity contribution in [1.29, 1.82) is 5.26 Å². The van der Waals surface area contributed by atoms with E-state index in [1.54, 1.807) is 6.07 Å². The van der Waals surface area contributed by atoms with E-state index in [-0.39, 0.29) is 11.2 Å². The van der Waals surface area contributed by atoms with Gasteiger partial charge in [-0.3, -0.25) is 0 Å². The highest BCUT2D eigenvalue weighted by Crippen LogP contribution is 2.30. The molecule has 96 valence electrons. The van der Waals surface area contributed by atoms with Crippen LogP contribution in [0.2, 0.25) is 0 Å². The van der Waals surface area contributed by atoms with Crippen molar-refractivity contribution in [3.05, 3.63) is 29.6 Å². The van der Waals surface area contributed by atoms with E-state index in [1.165, 1.54) is 12.1 Å². The Kier molecular flexibility index (Phi) is 3.83.